The van der Waals surface area contributed by atoms with E-state index in [1.165, 1.54) is 4.90 Å². The SMILES string of the molecule is CCCNC(=O)CN(C)C(=O)c1nn(CC)cc1N. The molecule has 0 aliphatic heterocycles. The Morgan fingerprint density at radius 1 is 1.47 bits per heavy atom. The molecule has 7 heteroatoms. The van der Waals surface area contributed by atoms with Gasteiger partial charge < -0.3 is 16.0 Å². The van der Waals surface area contributed by atoms with Crippen molar-refractivity contribution in [3.63, 3.8) is 0 Å². The highest BCUT2D eigenvalue weighted by atomic mass is 16.2. The van der Waals surface area contributed by atoms with Gasteiger partial charge in [-0.2, -0.15) is 5.10 Å². The van der Waals surface area contributed by atoms with Crippen LogP contribution in [-0.4, -0.2) is 46.6 Å². The van der Waals surface area contributed by atoms with E-state index in [2.05, 4.69) is 10.4 Å². The van der Waals surface area contributed by atoms with E-state index in [0.717, 1.165) is 6.42 Å². The number of likely N-dealkylation sites (N-methyl/N-ethyl adjacent to an activating group) is 1. The first-order chi connectivity index (χ1) is 8.99. The fourth-order valence-electron chi connectivity index (χ4n) is 1.55. The molecule has 0 atom stereocenters. The van der Waals surface area contributed by atoms with Gasteiger partial charge in [0.25, 0.3) is 5.91 Å². The highest BCUT2D eigenvalue weighted by molar-refractivity contribution is 5.98. The van der Waals surface area contributed by atoms with Crippen molar-refractivity contribution in [1.29, 1.82) is 0 Å². The summed E-state index contributed by atoms with van der Waals surface area (Å²) in [5.41, 5.74) is 6.25. The Bertz CT molecular complexity index is 455. The van der Waals surface area contributed by atoms with Crippen molar-refractivity contribution in [3.05, 3.63) is 11.9 Å². The van der Waals surface area contributed by atoms with Crippen LogP contribution in [-0.2, 0) is 11.3 Å². The van der Waals surface area contributed by atoms with Crippen LogP contribution >= 0.6 is 0 Å². The third-order valence-electron chi connectivity index (χ3n) is 2.62. The minimum absolute atomic E-state index is 0.00272. The van der Waals surface area contributed by atoms with Crippen molar-refractivity contribution in [1.82, 2.24) is 20.0 Å². The molecule has 1 rings (SSSR count). The first-order valence-corrected chi connectivity index (χ1v) is 6.34. The predicted octanol–water partition coefficient (Wildman–Crippen LogP) is 0.0834. The Morgan fingerprint density at radius 2 is 2.16 bits per heavy atom. The van der Waals surface area contributed by atoms with Gasteiger partial charge in [-0.25, -0.2) is 0 Å². The van der Waals surface area contributed by atoms with Crippen LogP contribution < -0.4 is 11.1 Å². The summed E-state index contributed by atoms with van der Waals surface area (Å²) >= 11 is 0. The summed E-state index contributed by atoms with van der Waals surface area (Å²) in [5.74, 6) is -0.539. The Balaban J connectivity index is 2.65. The van der Waals surface area contributed by atoms with E-state index in [-0.39, 0.29) is 24.1 Å². The highest BCUT2D eigenvalue weighted by Crippen LogP contribution is 2.11. The molecule has 19 heavy (non-hydrogen) atoms. The molecule has 0 saturated carbocycles. The quantitative estimate of drug-likeness (QED) is 0.763. The lowest BCUT2D eigenvalue weighted by molar-refractivity contribution is -0.121. The zero-order valence-corrected chi connectivity index (χ0v) is 11.6. The monoisotopic (exact) mass is 267 g/mol. The molecule has 1 aromatic heterocycles. The van der Waals surface area contributed by atoms with Crippen LogP contribution in [0.15, 0.2) is 6.20 Å². The van der Waals surface area contributed by atoms with E-state index in [1.54, 1.807) is 17.9 Å². The van der Waals surface area contributed by atoms with Gasteiger partial charge in [-0.05, 0) is 13.3 Å². The van der Waals surface area contributed by atoms with Crippen molar-refractivity contribution in [2.45, 2.75) is 26.8 Å². The molecule has 1 aromatic rings. The molecule has 0 fully saturated rings. The topological polar surface area (TPSA) is 93.2 Å². The van der Waals surface area contributed by atoms with Crippen molar-refractivity contribution in [3.8, 4) is 0 Å². The van der Waals surface area contributed by atoms with Crippen LogP contribution in [0.1, 0.15) is 30.8 Å². The third kappa shape index (κ3) is 3.97. The number of carbonyl (C=O) groups excluding carboxylic acids is 2. The summed E-state index contributed by atoms with van der Waals surface area (Å²) in [5, 5.41) is 6.80. The number of anilines is 1. The predicted molar refractivity (Wildman–Crippen MR) is 72.6 cm³/mol. The summed E-state index contributed by atoms with van der Waals surface area (Å²) in [7, 11) is 1.55. The summed E-state index contributed by atoms with van der Waals surface area (Å²) in [6.07, 6.45) is 2.47. The van der Waals surface area contributed by atoms with Gasteiger partial charge >= 0.3 is 0 Å². The van der Waals surface area contributed by atoms with E-state index in [9.17, 15) is 9.59 Å². The van der Waals surface area contributed by atoms with Crippen molar-refractivity contribution < 1.29 is 9.59 Å². The van der Waals surface area contributed by atoms with Gasteiger partial charge in [-0.15, -0.1) is 0 Å². The van der Waals surface area contributed by atoms with E-state index in [4.69, 9.17) is 5.73 Å². The number of aromatic nitrogens is 2. The number of nitrogens with zero attached hydrogens (tertiary/aromatic N) is 3. The van der Waals surface area contributed by atoms with E-state index in [0.29, 0.717) is 18.8 Å². The van der Waals surface area contributed by atoms with Gasteiger partial charge in [-0.1, -0.05) is 6.92 Å². The van der Waals surface area contributed by atoms with Crippen LogP contribution in [0.4, 0.5) is 5.69 Å². The fraction of sp³-hybridized carbons (Fsp3) is 0.583. The Kier molecular flexibility index (Phi) is 5.35. The lowest BCUT2D eigenvalue weighted by atomic mass is 10.3. The molecule has 7 nitrogen and oxygen atoms in total. The van der Waals surface area contributed by atoms with Crippen molar-refractivity contribution in [2.75, 3.05) is 25.9 Å². The lowest BCUT2D eigenvalue weighted by Crippen LogP contribution is -2.39. The molecular weight excluding hydrogens is 246 g/mol. The molecule has 0 aromatic carbocycles. The first-order valence-electron chi connectivity index (χ1n) is 6.34. The van der Waals surface area contributed by atoms with E-state index in [1.807, 2.05) is 13.8 Å². The Labute approximate surface area is 112 Å². The maximum Gasteiger partial charge on any atom is 0.276 e. The number of nitrogens with one attached hydrogen (secondary N) is 1. The zero-order valence-electron chi connectivity index (χ0n) is 11.6. The molecule has 1 heterocycles. The number of aryl methyl sites for hydroxylation is 1. The van der Waals surface area contributed by atoms with Crippen LogP contribution in [0.3, 0.4) is 0 Å². The standard InChI is InChI=1S/C12H21N5O2/c1-4-6-14-10(18)8-16(3)12(19)11-9(13)7-17(5-2)15-11/h7H,4-6,8,13H2,1-3H3,(H,14,18). The van der Waals surface area contributed by atoms with E-state index >= 15 is 0 Å². The number of amides is 2. The van der Waals surface area contributed by atoms with Crippen LogP contribution in [0, 0.1) is 0 Å². The molecule has 3 N–H and O–H groups in total. The molecule has 0 aliphatic carbocycles. The third-order valence-corrected chi connectivity index (χ3v) is 2.62. The van der Waals surface area contributed by atoms with Crippen LogP contribution in [0.25, 0.3) is 0 Å². The lowest BCUT2D eigenvalue weighted by Gasteiger charge is -2.15. The number of carbonyl (C=O) groups is 2. The molecule has 0 radical (unpaired) electrons. The molecule has 0 unspecified atom stereocenters. The number of hydrogen-bond donors (Lipinski definition) is 2. The fourth-order valence-corrected chi connectivity index (χ4v) is 1.55. The second kappa shape index (κ2) is 6.77. The van der Waals surface area contributed by atoms with Gasteiger partial charge in [0.15, 0.2) is 5.69 Å². The summed E-state index contributed by atoms with van der Waals surface area (Å²) in [4.78, 5) is 24.9. The maximum atomic E-state index is 12.1. The van der Waals surface area contributed by atoms with Crippen molar-refractivity contribution in [2.24, 2.45) is 0 Å². The summed E-state index contributed by atoms with van der Waals surface area (Å²) in [6.45, 7) is 5.11. The summed E-state index contributed by atoms with van der Waals surface area (Å²) < 4.78 is 1.59. The molecule has 0 saturated heterocycles. The maximum absolute atomic E-state index is 12.1. The molecule has 2 amide bonds. The molecule has 0 spiro atoms. The normalized spacial score (nSPS) is 10.3. The Hall–Kier alpha value is -2.05. The van der Waals surface area contributed by atoms with Gasteiger partial charge in [0.05, 0.1) is 12.2 Å². The van der Waals surface area contributed by atoms with Crippen LogP contribution in [0.5, 0.6) is 0 Å². The number of hydrogen-bond acceptors (Lipinski definition) is 4. The molecular formula is C12H21N5O2. The second-order valence-electron chi connectivity index (χ2n) is 4.30. The van der Waals surface area contributed by atoms with E-state index < -0.39 is 0 Å². The second-order valence-corrected chi connectivity index (χ2v) is 4.30. The van der Waals surface area contributed by atoms with Crippen LogP contribution in [0.2, 0.25) is 0 Å². The number of rotatable bonds is 6. The van der Waals surface area contributed by atoms with Crippen molar-refractivity contribution >= 4 is 17.5 Å². The largest absolute Gasteiger partial charge is 0.396 e. The minimum atomic E-state index is -0.351. The minimum Gasteiger partial charge on any atom is -0.396 e. The molecule has 106 valence electrons. The van der Waals surface area contributed by atoms with Gasteiger partial charge in [-0.3, -0.25) is 14.3 Å². The number of nitrogens with two attached hydrogens (primary N) is 1. The highest BCUT2D eigenvalue weighted by Gasteiger charge is 2.20. The average molecular weight is 267 g/mol. The van der Waals surface area contributed by atoms with Gasteiger partial charge in [0, 0.05) is 26.3 Å². The summed E-state index contributed by atoms with van der Waals surface area (Å²) in [6, 6.07) is 0. The van der Waals surface area contributed by atoms with Gasteiger partial charge in [0.1, 0.15) is 0 Å². The number of nitrogen functional groups attached to an aromatic ring is 1. The average Bonchev–Trinajstić information content (AvgIpc) is 2.76. The van der Waals surface area contributed by atoms with Gasteiger partial charge in [0.2, 0.25) is 5.91 Å². The smallest absolute Gasteiger partial charge is 0.276 e. The first kappa shape index (κ1) is 15.0. The zero-order chi connectivity index (χ0) is 14.4. The Morgan fingerprint density at radius 3 is 2.68 bits per heavy atom. The molecule has 0 aliphatic rings. The molecule has 0 bridgehead atoms.